The van der Waals surface area contributed by atoms with Crippen LogP contribution in [0.3, 0.4) is 0 Å². The van der Waals surface area contributed by atoms with Crippen molar-refractivity contribution < 1.29 is 28.6 Å². The first-order chi connectivity index (χ1) is 60.7. The summed E-state index contributed by atoms with van der Waals surface area (Å²) in [5.74, 6) is 2.32. The van der Waals surface area contributed by atoms with E-state index in [0.29, 0.717) is 135 Å². The molecule has 14 heterocycles. The van der Waals surface area contributed by atoms with Crippen molar-refractivity contribution in [1.82, 2.24) is 69.3 Å². The zero-order valence-corrected chi connectivity index (χ0v) is 76.2. The molecule has 3 amide bonds. The Hall–Kier alpha value is -11.6. The Bertz CT molecular complexity index is 5340. The van der Waals surface area contributed by atoms with E-state index in [1.54, 1.807) is 22.0 Å². The topological polar surface area (TPSA) is 234 Å². The number of rotatable bonds is 21. The highest BCUT2D eigenvalue weighted by atomic mass is 32.1. The number of likely N-dealkylation sites (tertiary alicyclic amines) is 3. The summed E-state index contributed by atoms with van der Waals surface area (Å²) in [4.78, 5) is 114. The van der Waals surface area contributed by atoms with Gasteiger partial charge >= 0.3 is 18.0 Å². The maximum atomic E-state index is 12.8. The molecule has 32 heteroatoms. The molecule has 0 N–H and O–H groups in total. The third-order valence-corrected chi connectivity index (χ3v) is 26.1. The molecule has 0 aliphatic carbocycles. The summed E-state index contributed by atoms with van der Waals surface area (Å²) in [6, 6.07) is 35.4. The summed E-state index contributed by atoms with van der Waals surface area (Å²) in [7, 11) is 6.42. The standard InChI is InChI=1S/C33H39N7O2.2C31H36N8O2.CH4.3H2S/c1-4-9-31(41)40-19-18-39(21-26(40)20-34-2)32-28-15-17-38(30-14-7-11-24-10-5-6-13-27(24)30)22-29(28)35-33(36-32)42-23-25-12-8-16-37(25)3;1-4-29(40)39-17-16-38(19-23(39)18-32-2)30-25-12-15-37(28-11-5-10-26-24(28)9-6-13-33-26)20-27(25)34-31(35-30)41-21-22-8-7-14-36(22)3;1-4-29(40)39-16-15-38(19-24(39)18-32-2)30-26-11-14-37(28-9-5-7-22-17-33-12-10-25(22)28)20-27(26)34-31(35-30)41-21-23-8-6-13-36(23)3;;;;/h4-7,9-11,13-14,25-26H,8,12,15-23H2,1,3H3;4-6,9-11,13,22-23H,1,7-8,12,14-21H2,3H3;4-5,7,9-10,12,17,23-24H,1,6,8,11,13-16,18-21H2,3H3;1H4;3*1H2/b9-4+;;;;;;/t25-,26?;22-,23?;23-,24?;;;;/m000..../s1. The molecule has 9 aliphatic rings. The van der Waals surface area contributed by atoms with Crippen LogP contribution in [0.2, 0.25) is 0 Å². The van der Waals surface area contributed by atoms with E-state index in [0.717, 1.165) is 151 Å². The van der Waals surface area contributed by atoms with Crippen molar-refractivity contribution in [3.63, 3.8) is 0 Å². The SMILES string of the molecule is C.S.S.S.[C-]#[N+]CC1CN(c2nc(OC[C@@H]3CCCN3C)nc3c2CCN(c2cccc4ccccc24)C3)CCN1C(=O)/C=C/C.[C-]#[N+]CC1CN(c2nc(OC[C@@H]3CCCN3C)nc3c2CCN(c2cccc4cnccc24)C3)CCN1C(=O)C=C.[C-]#[N+]CC1CN(c2nc(OC[C@@H]3CCCN3C)nc3c2CCN(c2cccc4ncccc24)C3)CCN1C(=O)C=C. The summed E-state index contributed by atoms with van der Waals surface area (Å²) in [6.07, 6.45) is 20.8. The number of pyridine rings is 2. The molecule has 9 aliphatic heterocycles. The Kier molecular flexibility index (Phi) is 33.2. The molecule has 9 aromatic rings. The van der Waals surface area contributed by atoms with Crippen molar-refractivity contribution in [1.29, 1.82) is 0 Å². The first-order valence-electron chi connectivity index (χ1n) is 43.8. The number of carbonyl (C=O) groups is 3. The molecule has 6 fully saturated rings. The minimum atomic E-state index is -0.225. The average Bonchev–Trinajstić information content (AvgIpc) is 0.994. The average molecular weight is 1790 g/mol. The lowest BCUT2D eigenvalue weighted by Crippen LogP contribution is -2.56. The quantitative estimate of drug-likeness (QED) is 0.0480. The van der Waals surface area contributed by atoms with E-state index in [1.165, 1.54) is 58.9 Å². The van der Waals surface area contributed by atoms with Gasteiger partial charge in [0.25, 0.3) is 0 Å². The van der Waals surface area contributed by atoms with E-state index in [9.17, 15) is 14.4 Å². The van der Waals surface area contributed by atoms with Crippen molar-refractivity contribution in [2.45, 2.75) is 128 Å². The molecule has 4 aromatic carbocycles. The van der Waals surface area contributed by atoms with Gasteiger partial charge in [-0.3, -0.25) is 24.4 Å². The van der Waals surface area contributed by atoms with E-state index in [1.807, 2.05) is 42.5 Å². The third-order valence-electron chi connectivity index (χ3n) is 26.1. The fourth-order valence-electron chi connectivity index (χ4n) is 19.3. The molecule has 0 bridgehead atoms. The molecule has 0 saturated carbocycles. The van der Waals surface area contributed by atoms with Gasteiger partial charge in [0.05, 0.1) is 42.2 Å². The monoisotopic (exact) mass is 1790 g/mol. The van der Waals surface area contributed by atoms with Crippen LogP contribution in [0.1, 0.15) is 86.6 Å². The van der Waals surface area contributed by atoms with Gasteiger partial charge in [-0.25, -0.2) is 19.7 Å². The molecule has 18 rings (SSSR count). The van der Waals surface area contributed by atoms with Crippen LogP contribution in [0.15, 0.2) is 153 Å². The third kappa shape index (κ3) is 21.4. The summed E-state index contributed by atoms with van der Waals surface area (Å²) in [5, 5.41) is 5.87. The zero-order valence-electron chi connectivity index (χ0n) is 73.2. The highest BCUT2D eigenvalue weighted by Gasteiger charge is 2.40. The molecular weight excluding hydrogens is 1670 g/mol. The fraction of sp³-hybridized carbons (Fsp3) is 0.458. The van der Waals surface area contributed by atoms with E-state index in [4.69, 9.17) is 63.8 Å². The van der Waals surface area contributed by atoms with Gasteiger partial charge in [-0.2, -0.15) is 70.4 Å². The Balaban J connectivity index is 0.000000172. The minimum absolute atomic E-state index is 0. The van der Waals surface area contributed by atoms with Gasteiger partial charge in [0, 0.05) is 171 Å². The van der Waals surface area contributed by atoms with Crippen molar-refractivity contribution in [3.05, 3.63) is 221 Å². The molecule has 674 valence electrons. The predicted molar refractivity (Wildman–Crippen MR) is 522 cm³/mol. The molecule has 3 unspecified atom stereocenters. The molecule has 0 radical (unpaired) electrons. The summed E-state index contributed by atoms with van der Waals surface area (Å²) in [6.45, 7) is 46.9. The second-order valence-corrected chi connectivity index (χ2v) is 33.6. The summed E-state index contributed by atoms with van der Waals surface area (Å²) in [5.41, 5.74) is 10.8. The number of nitrogens with zero attached hydrogens (tertiary/aromatic N) is 23. The van der Waals surface area contributed by atoms with E-state index < -0.39 is 0 Å². The highest BCUT2D eigenvalue weighted by Crippen LogP contribution is 2.40. The second kappa shape index (κ2) is 44.4. The Labute approximate surface area is 773 Å². The van der Waals surface area contributed by atoms with Crippen LogP contribution in [0.25, 0.3) is 47.0 Å². The number of carbonyl (C=O) groups excluding carboxylic acids is 3. The highest BCUT2D eigenvalue weighted by molar-refractivity contribution is 7.59. The lowest BCUT2D eigenvalue weighted by molar-refractivity contribution is -0.129. The predicted octanol–water partition coefficient (Wildman–Crippen LogP) is 11.5. The summed E-state index contributed by atoms with van der Waals surface area (Å²) < 4.78 is 18.9. The van der Waals surface area contributed by atoms with Crippen LogP contribution >= 0.6 is 40.5 Å². The van der Waals surface area contributed by atoms with Gasteiger partial charge in [-0.15, -0.1) is 0 Å². The van der Waals surface area contributed by atoms with Gasteiger partial charge in [-0.1, -0.05) is 81.3 Å². The normalized spacial score (nSPS) is 20.4. The van der Waals surface area contributed by atoms with Gasteiger partial charge in [0.15, 0.2) is 0 Å². The van der Waals surface area contributed by atoms with Crippen molar-refractivity contribution in [2.24, 2.45) is 0 Å². The Morgan fingerprint density at radius 3 is 1.22 bits per heavy atom. The lowest BCUT2D eigenvalue weighted by Gasteiger charge is -2.41. The number of likely N-dealkylation sites (N-methyl/N-ethyl adjacent to an activating group) is 3. The Morgan fingerprint density at radius 2 is 0.812 bits per heavy atom. The van der Waals surface area contributed by atoms with E-state index >= 15 is 0 Å². The number of piperazine rings is 3. The second-order valence-electron chi connectivity index (χ2n) is 33.6. The largest absolute Gasteiger partial charge is 0.462 e. The number of benzene rings is 4. The number of allylic oxidation sites excluding steroid dienone is 1. The fourth-order valence-corrected chi connectivity index (χ4v) is 19.3. The molecule has 5 aromatic heterocycles. The van der Waals surface area contributed by atoms with Crippen LogP contribution in [0, 0.1) is 19.7 Å². The number of amides is 3. The van der Waals surface area contributed by atoms with Gasteiger partial charge < -0.3 is 87.5 Å². The molecule has 6 saturated heterocycles. The van der Waals surface area contributed by atoms with Gasteiger partial charge in [0.1, 0.15) is 55.4 Å². The summed E-state index contributed by atoms with van der Waals surface area (Å²) >= 11 is 0. The number of anilines is 6. The van der Waals surface area contributed by atoms with Crippen LogP contribution in [0.4, 0.5) is 34.5 Å². The van der Waals surface area contributed by atoms with E-state index in [-0.39, 0.29) is 103 Å². The molecule has 0 spiro atoms. The smallest absolute Gasteiger partial charge is 0.318 e. The van der Waals surface area contributed by atoms with Crippen LogP contribution in [-0.4, -0.2) is 282 Å². The molecular formula is C96H121N23O6S3. The molecule has 6 atom stereocenters. The Morgan fingerprint density at radius 1 is 0.430 bits per heavy atom. The van der Waals surface area contributed by atoms with Crippen LogP contribution in [0.5, 0.6) is 18.0 Å². The number of aromatic nitrogens is 8. The van der Waals surface area contributed by atoms with Crippen LogP contribution < -0.4 is 43.6 Å². The lowest BCUT2D eigenvalue weighted by atomic mass is 10.0. The number of hydrogen-bond donors (Lipinski definition) is 0. The van der Waals surface area contributed by atoms with Gasteiger partial charge in [-0.05, 0) is 172 Å². The maximum Gasteiger partial charge on any atom is 0.318 e. The number of ether oxygens (including phenoxy) is 3. The van der Waals surface area contributed by atoms with Crippen LogP contribution in [-0.2, 0) is 53.3 Å². The first-order valence-corrected chi connectivity index (χ1v) is 43.8. The van der Waals surface area contributed by atoms with Gasteiger partial charge in [0.2, 0.25) is 37.4 Å². The van der Waals surface area contributed by atoms with Crippen molar-refractivity contribution >= 4 is 125 Å². The first kappa shape index (κ1) is 95.5. The molecule has 128 heavy (non-hydrogen) atoms. The molecule has 29 nitrogen and oxygen atoms in total. The van der Waals surface area contributed by atoms with Crippen molar-refractivity contribution in [3.8, 4) is 18.0 Å². The van der Waals surface area contributed by atoms with E-state index in [2.05, 4.69) is 188 Å². The minimum Gasteiger partial charge on any atom is -0.462 e. The number of hydrogen-bond acceptors (Lipinski definition) is 23. The maximum absolute atomic E-state index is 12.8. The van der Waals surface area contributed by atoms with Crippen molar-refractivity contribution in [2.75, 3.05) is 188 Å². The number of fused-ring (bicyclic) bond motifs is 6. The zero-order chi connectivity index (χ0) is 85.7.